The molecular weight excluding hydrogens is 178 g/mol. The Labute approximate surface area is 73.3 Å². The molecule has 1 fully saturated rings. The summed E-state index contributed by atoms with van der Waals surface area (Å²) in [6.45, 7) is 0.988. The van der Waals surface area contributed by atoms with E-state index in [1.165, 1.54) is 22.7 Å². The fourth-order valence-corrected chi connectivity index (χ4v) is 2.37. The molecule has 6 heteroatoms. The van der Waals surface area contributed by atoms with Crippen LogP contribution in [0.25, 0.3) is 0 Å². The van der Waals surface area contributed by atoms with E-state index < -0.39 is 10.2 Å². The second kappa shape index (κ2) is 3.29. The summed E-state index contributed by atoms with van der Waals surface area (Å²) < 4.78 is 25.6. The van der Waals surface area contributed by atoms with Crippen LogP contribution in [-0.2, 0) is 10.2 Å². The largest absolute Gasteiger partial charge is 0.326 e. The van der Waals surface area contributed by atoms with Crippen LogP contribution >= 0.6 is 0 Å². The Morgan fingerprint density at radius 1 is 1.50 bits per heavy atom. The van der Waals surface area contributed by atoms with Crippen molar-refractivity contribution in [2.45, 2.75) is 12.5 Å². The minimum absolute atomic E-state index is 0.000255. The van der Waals surface area contributed by atoms with Gasteiger partial charge in [-0.2, -0.15) is 17.0 Å². The maximum absolute atomic E-state index is 11.5. The van der Waals surface area contributed by atoms with Crippen LogP contribution in [-0.4, -0.2) is 50.3 Å². The van der Waals surface area contributed by atoms with Gasteiger partial charge in [-0.1, -0.05) is 0 Å². The molecule has 72 valence electrons. The van der Waals surface area contributed by atoms with E-state index >= 15 is 0 Å². The predicted molar refractivity (Wildman–Crippen MR) is 46.8 cm³/mol. The van der Waals surface area contributed by atoms with Crippen LogP contribution in [0, 0.1) is 0 Å². The van der Waals surface area contributed by atoms with Crippen LogP contribution in [0.3, 0.4) is 0 Å². The minimum Gasteiger partial charge on any atom is -0.326 e. The smallest absolute Gasteiger partial charge is 0.281 e. The highest BCUT2D eigenvalue weighted by Crippen LogP contribution is 2.13. The summed E-state index contributed by atoms with van der Waals surface area (Å²) in [5.74, 6) is 0. The first-order valence-electron chi connectivity index (χ1n) is 3.88. The Kier molecular flexibility index (Phi) is 2.72. The highest BCUT2D eigenvalue weighted by molar-refractivity contribution is 7.86. The molecule has 0 amide bonds. The molecule has 1 heterocycles. The van der Waals surface area contributed by atoms with Crippen molar-refractivity contribution in [2.75, 3.05) is 27.2 Å². The molecule has 0 radical (unpaired) electrons. The SMILES string of the molecule is CN(C)S(=O)(=O)N1CCC(N)C1. The van der Waals surface area contributed by atoms with Gasteiger partial charge in [-0.25, -0.2) is 0 Å². The summed E-state index contributed by atoms with van der Waals surface area (Å²) in [5, 5.41) is 0. The van der Waals surface area contributed by atoms with E-state index in [0.717, 1.165) is 6.42 Å². The molecule has 1 aliphatic rings. The number of rotatable bonds is 2. The standard InChI is InChI=1S/C6H15N3O2S/c1-8(2)12(10,11)9-4-3-6(7)5-9/h6H,3-5,7H2,1-2H3. The monoisotopic (exact) mass is 193 g/mol. The second-order valence-electron chi connectivity index (χ2n) is 3.20. The van der Waals surface area contributed by atoms with Gasteiger partial charge in [0.15, 0.2) is 0 Å². The third kappa shape index (κ3) is 1.77. The van der Waals surface area contributed by atoms with Crippen molar-refractivity contribution >= 4 is 10.2 Å². The molecule has 0 spiro atoms. The average Bonchev–Trinajstić information content (AvgIpc) is 2.35. The lowest BCUT2D eigenvalue weighted by molar-refractivity contribution is 0.418. The van der Waals surface area contributed by atoms with Crippen LogP contribution < -0.4 is 5.73 Å². The zero-order valence-electron chi connectivity index (χ0n) is 7.40. The third-order valence-corrected chi connectivity index (χ3v) is 3.88. The fraction of sp³-hybridized carbons (Fsp3) is 1.00. The van der Waals surface area contributed by atoms with Crippen molar-refractivity contribution in [3.63, 3.8) is 0 Å². The van der Waals surface area contributed by atoms with E-state index in [0.29, 0.717) is 13.1 Å². The highest BCUT2D eigenvalue weighted by Gasteiger charge is 2.30. The summed E-state index contributed by atoms with van der Waals surface area (Å²) in [5.41, 5.74) is 5.60. The van der Waals surface area contributed by atoms with Crippen LogP contribution in [0.5, 0.6) is 0 Å². The fourth-order valence-electron chi connectivity index (χ4n) is 1.19. The Morgan fingerprint density at radius 2 is 2.08 bits per heavy atom. The molecular formula is C6H15N3O2S. The lowest BCUT2D eigenvalue weighted by atomic mass is 10.3. The van der Waals surface area contributed by atoms with E-state index in [9.17, 15) is 8.42 Å². The third-order valence-electron chi connectivity index (χ3n) is 1.98. The van der Waals surface area contributed by atoms with Crippen molar-refractivity contribution in [3.05, 3.63) is 0 Å². The van der Waals surface area contributed by atoms with Gasteiger partial charge < -0.3 is 5.73 Å². The van der Waals surface area contributed by atoms with Crippen LogP contribution in [0.15, 0.2) is 0 Å². The molecule has 0 aromatic heterocycles. The van der Waals surface area contributed by atoms with Crippen molar-refractivity contribution in [1.29, 1.82) is 0 Å². The number of nitrogens with two attached hydrogens (primary N) is 1. The Morgan fingerprint density at radius 3 is 2.42 bits per heavy atom. The molecule has 1 atom stereocenters. The van der Waals surface area contributed by atoms with Gasteiger partial charge in [0.25, 0.3) is 10.2 Å². The van der Waals surface area contributed by atoms with Gasteiger partial charge in [0, 0.05) is 33.2 Å². The summed E-state index contributed by atoms with van der Waals surface area (Å²) in [7, 11) is -0.169. The summed E-state index contributed by atoms with van der Waals surface area (Å²) in [6.07, 6.45) is 0.757. The number of hydrogen-bond donors (Lipinski definition) is 1. The normalized spacial score (nSPS) is 26.8. The molecule has 1 aliphatic heterocycles. The number of nitrogens with zero attached hydrogens (tertiary/aromatic N) is 2. The predicted octanol–water partition coefficient (Wildman–Crippen LogP) is -1.17. The first kappa shape index (κ1) is 9.91. The van der Waals surface area contributed by atoms with Gasteiger partial charge in [-0.3, -0.25) is 0 Å². The van der Waals surface area contributed by atoms with Gasteiger partial charge in [0.05, 0.1) is 0 Å². The maximum atomic E-state index is 11.5. The minimum atomic E-state index is -3.22. The lowest BCUT2D eigenvalue weighted by Gasteiger charge is -2.20. The van der Waals surface area contributed by atoms with Crippen molar-refractivity contribution < 1.29 is 8.42 Å². The molecule has 1 unspecified atom stereocenters. The van der Waals surface area contributed by atoms with E-state index in [1.807, 2.05) is 0 Å². The first-order chi connectivity index (χ1) is 5.44. The molecule has 0 aromatic rings. The highest BCUT2D eigenvalue weighted by atomic mass is 32.2. The Balaban J connectivity index is 2.71. The van der Waals surface area contributed by atoms with E-state index in [4.69, 9.17) is 5.73 Å². The van der Waals surface area contributed by atoms with E-state index in [1.54, 1.807) is 0 Å². The van der Waals surface area contributed by atoms with Crippen LogP contribution in [0.2, 0.25) is 0 Å². The molecule has 0 saturated carbocycles. The Hall–Kier alpha value is -0.170. The maximum Gasteiger partial charge on any atom is 0.281 e. The van der Waals surface area contributed by atoms with Gasteiger partial charge in [-0.05, 0) is 6.42 Å². The van der Waals surface area contributed by atoms with Crippen molar-refractivity contribution in [1.82, 2.24) is 8.61 Å². The molecule has 0 aliphatic carbocycles. The molecule has 0 aromatic carbocycles. The van der Waals surface area contributed by atoms with Gasteiger partial charge in [-0.15, -0.1) is 0 Å². The van der Waals surface area contributed by atoms with Crippen molar-refractivity contribution in [3.8, 4) is 0 Å². The molecule has 12 heavy (non-hydrogen) atoms. The molecule has 0 bridgehead atoms. The summed E-state index contributed by atoms with van der Waals surface area (Å²) >= 11 is 0. The van der Waals surface area contributed by atoms with Gasteiger partial charge in [0.1, 0.15) is 0 Å². The van der Waals surface area contributed by atoms with E-state index in [-0.39, 0.29) is 6.04 Å². The lowest BCUT2D eigenvalue weighted by Crippen LogP contribution is -2.39. The molecule has 2 N–H and O–H groups in total. The molecule has 1 saturated heterocycles. The summed E-state index contributed by atoms with van der Waals surface area (Å²) in [4.78, 5) is 0. The summed E-state index contributed by atoms with van der Waals surface area (Å²) in [6, 6.07) is -0.000255. The topological polar surface area (TPSA) is 66.6 Å². The van der Waals surface area contributed by atoms with Crippen LogP contribution in [0.4, 0.5) is 0 Å². The average molecular weight is 193 g/mol. The van der Waals surface area contributed by atoms with Crippen LogP contribution in [0.1, 0.15) is 6.42 Å². The molecule has 5 nitrogen and oxygen atoms in total. The van der Waals surface area contributed by atoms with Gasteiger partial charge >= 0.3 is 0 Å². The zero-order valence-corrected chi connectivity index (χ0v) is 8.21. The zero-order chi connectivity index (χ0) is 9.35. The quantitative estimate of drug-likeness (QED) is 0.600. The Bertz CT molecular complexity index is 250. The second-order valence-corrected chi connectivity index (χ2v) is 5.34. The van der Waals surface area contributed by atoms with E-state index in [2.05, 4.69) is 0 Å². The first-order valence-corrected chi connectivity index (χ1v) is 5.27. The van der Waals surface area contributed by atoms with Crippen molar-refractivity contribution in [2.24, 2.45) is 5.73 Å². The molecule has 1 rings (SSSR count). The number of hydrogen-bond acceptors (Lipinski definition) is 3. The van der Waals surface area contributed by atoms with Gasteiger partial charge in [0.2, 0.25) is 0 Å².